The first kappa shape index (κ1) is 16.3. The molecule has 0 spiro atoms. The van der Waals surface area contributed by atoms with Crippen molar-refractivity contribution in [3.8, 4) is 0 Å². The second-order valence-corrected chi connectivity index (χ2v) is 7.47. The normalized spacial score (nSPS) is 10.6. The van der Waals surface area contributed by atoms with E-state index in [0.717, 1.165) is 33.4 Å². The topological polar surface area (TPSA) is 63.8 Å². The highest BCUT2D eigenvalue weighted by atomic mass is 79.9. The van der Waals surface area contributed by atoms with E-state index in [0.29, 0.717) is 17.4 Å². The lowest BCUT2D eigenvalue weighted by Gasteiger charge is -2.15. The first-order valence-electron chi connectivity index (χ1n) is 6.73. The van der Waals surface area contributed by atoms with Crippen molar-refractivity contribution in [3.05, 3.63) is 37.6 Å². The molecule has 0 atom stereocenters. The van der Waals surface area contributed by atoms with Crippen LogP contribution in [0, 0.1) is 0 Å². The fourth-order valence-electron chi connectivity index (χ4n) is 2.18. The van der Waals surface area contributed by atoms with Crippen LogP contribution >= 0.6 is 39.5 Å². The van der Waals surface area contributed by atoms with Gasteiger partial charge in [-0.25, -0.2) is 0 Å². The molecule has 0 saturated carbocycles. The molecule has 0 saturated heterocycles. The van der Waals surface area contributed by atoms with Crippen molar-refractivity contribution < 1.29 is 0 Å². The standard InChI is InChI=1S/C14H17BrN4S2/c1-3-9-10(4-2)18-19-14(12(9)13(16)20)17-7-8-5-6-11(15)21-8/h5-6H,3-4,7H2,1-2H3,(H2,16,20)(H,17,19). The molecule has 2 heterocycles. The SMILES string of the molecule is CCc1nnc(NCc2ccc(Br)s2)c(C(N)=S)c1CC. The number of nitrogens with zero attached hydrogens (tertiary/aromatic N) is 2. The van der Waals surface area contributed by atoms with Gasteiger partial charge < -0.3 is 11.1 Å². The highest BCUT2D eigenvalue weighted by molar-refractivity contribution is 9.11. The molecule has 0 amide bonds. The van der Waals surface area contributed by atoms with Crippen LogP contribution in [0.4, 0.5) is 5.82 Å². The van der Waals surface area contributed by atoms with Crippen LogP contribution in [0.1, 0.15) is 35.5 Å². The summed E-state index contributed by atoms with van der Waals surface area (Å²) in [6.45, 7) is 4.82. The quantitative estimate of drug-likeness (QED) is 0.743. The van der Waals surface area contributed by atoms with Crippen molar-refractivity contribution >= 4 is 50.3 Å². The number of thiophene rings is 1. The van der Waals surface area contributed by atoms with E-state index in [4.69, 9.17) is 18.0 Å². The van der Waals surface area contributed by atoms with Gasteiger partial charge >= 0.3 is 0 Å². The Morgan fingerprint density at radius 2 is 2.10 bits per heavy atom. The minimum atomic E-state index is 0.367. The van der Waals surface area contributed by atoms with Gasteiger partial charge in [0.15, 0.2) is 5.82 Å². The van der Waals surface area contributed by atoms with Crippen molar-refractivity contribution in [1.82, 2.24) is 10.2 Å². The number of hydrogen-bond acceptors (Lipinski definition) is 5. The third kappa shape index (κ3) is 3.78. The lowest BCUT2D eigenvalue weighted by molar-refractivity contribution is 0.872. The summed E-state index contributed by atoms with van der Waals surface area (Å²) >= 11 is 10.4. The first-order valence-corrected chi connectivity index (χ1v) is 8.74. The van der Waals surface area contributed by atoms with Crippen LogP contribution in [0.3, 0.4) is 0 Å². The maximum absolute atomic E-state index is 5.91. The molecular formula is C14H17BrN4S2. The Bertz CT molecular complexity index is 654. The Morgan fingerprint density at radius 3 is 2.62 bits per heavy atom. The van der Waals surface area contributed by atoms with Crippen LogP contribution in [0.15, 0.2) is 15.9 Å². The zero-order valence-corrected chi connectivity index (χ0v) is 15.2. The van der Waals surface area contributed by atoms with E-state index in [1.807, 2.05) is 6.07 Å². The molecule has 3 N–H and O–H groups in total. The average Bonchev–Trinajstić information content (AvgIpc) is 2.89. The summed E-state index contributed by atoms with van der Waals surface area (Å²) in [6.07, 6.45) is 1.66. The summed E-state index contributed by atoms with van der Waals surface area (Å²) in [7, 11) is 0. The predicted molar refractivity (Wildman–Crippen MR) is 96.0 cm³/mol. The van der Waals surface area contributed by atoms with Gasteiger partial charge in [0.1, 0.15) is 4.99 Å². The van der Waals surface area contributed by atoms with Crippen molar-refractivity contribution in [2.24, 2.45) is 5.73 Å². The summed E-state index contributed by atoms with van der Waals surface area (Å²) in [5, 5.41) is 11.9. The maximum Gasteiger partial charge on any atom is 0.159 e. The Balaban J connectivity index is 2.32. The monoisotopic (exact) mass is 384 g/mol. The fourth-order valence-corrected chi connectivity index (χ4v) is 3.82. The van der Waals surface area contributed by atoms with Crippen molar-refractivity contribution in [3.63, 3.8) is 0 Å². The Kier molecular flexibility index (Phi) is 5.66. The molecule has 0 bridgehead atoms. The van der Waals surface area contributed by atoms with Crippen LogP contribution in [-0.4, -0.2) is 15.2 Å². The molecule has 0 aromatic carbocycles. The van der Waals surface area contributed by atoms with Crippen molar-refractivity contribution in [2.45, 2.75) is 33.2 Å². The number of rotatable bonds is 6. The number of nitrogens with one attached hydrogen (secondary N) is 1. The minimum Gasteiger partial charge on any atom is -0.389 e. The number of aromatic nitrogens is 2. The van der Waals surface area contributed by atoms with Gasteiger partial charge in [-0.05, 0) is 46.5 Å². The lowest BCUT2D eigenvalue weighted by atomic mass is 10.0. The number of anilines is 1. The second-order valence-electron chi connectivity index (χ2n) is 4.48. The van der Waals surface area contributed by atoms with Gasteiger partial charge in [-0.2, -0.15) is 5.10 Å². The third-order valence-electron chi connectivity index (χ3n) is 3.15. The number of halogens is 1. The molecule has 0 radical (unpaired) electrons. The Labute approximate surface area is 142 Å². The Morgan fingerprint density at radius 1 is 1.33 bits per heavy atom. The summed E-state index contributed by atoms with van der Waals surface area (Å²) in [4.78, 5) is 1.57. The third-order valence-corrected chi connectivity index (χ3v) is 4.98. The molecule has 7 heteroatoms. The summed E-state index contributed by atoms with van der Waals surface area (Å²) in [5.74, 6) is 0.668. The van der Waals surface area contributed by atoms with E-state index in [1.54, 1.807) is 11.3 Å². The molecule has 0 aliphatic heterocycles. The predicted octanol–water partition coefficient (Wildman–Crippen LogP) is 3.67. The van der Waals surface area contributed by atoms with Crippen molar-refractivity contribution in [1.29, 1.82) is 0 Å². The molecule has 0 unspecified atom stereocenters. The van der Waals surface area contributed by atoms with Crippen LogP contribution in [0.2, 0.25) is 0 Å². The van der Waals surface area contributed by atoms with E-state index in [-0.39, 0.29) is 0 Å². The Hall–Kier alpha value is -1.05. The van der Waals surface area contributed by atoms with E-state index < -0.39 is 0 Å². The summed E-state index contributed by atoms with van der Waals surface area (Å²) in [6, 6.07) is 4.09. The number of aryl methyl sites for hydroxylation is 1. The number of hydrogen-bond donors (Lipinski definition) is 2. The van der Waals surface area contributed by atoms with Gasteiger partial charge in [0.25, 0.3) is 0 Å². The van der Waals surface area contributed by atoms with E-state index in [9.17, 15) is 0 Å². The lowest BCUT2D eigenvalue weighted by Crippen LogP contribution is -2.19. The molecule has 21 heavy (non-hydrogen) atoms. The maximum atomic E-state index is 5.91. The fraction of sp³-hybridized carbons (Fsp3) is 0.357. The zero-order chi connectivity index (χ0) is 15.4. The van der Waals surface area contributed by atoms with Gasteiger partial charge in [0, 0.05) is 4.88 Å². The molecule has 4 nitrogen and oxygen atoms in total. The van der Waals surface area contributed by atoms with Crippen LogP contribution in [0.5, 0.6) is 0 Å². The second kappa shape index (κ2) is 7.29. The zero-order valence-electron chi connectivity index (χ0n) is 11.9. The number of nitrogens with two attached hydrogens (primary N) is 1. The first-order chi connectivity index (χ1) is 10.1. The van der Waals surface area contributed by atoms with E-state index in [1.165, 1.54) is 4.88 Å². The average molecular weight is 385 g/mol. The van der Waals surface area contributed by atoms with Crippen molar-refractivity contribution in [2.75, 3.05) is 5.32 Å². The van der Waals surface area contributed by atoms with Gasteiger partial charge in [-0.3, -0.25) is 0 Å². The molecular weight excluding hydrogens is 368 g/mol. The van der Waals surface area contributed by atoms with Crippen LogP contribution < -0.4 is 11.1 Å². The van der Waals surface area contributed by atoms with Crippen LogP contribution in [0.25, 0.3) is 0 Å². The van der Waals surface area contributed by atoms with Crippen LogP contribution in [-0.2, 0) is 19.4 Å². The molecule has 2 rings (SSSR count). The highest BCUT2D eigenvalue weighted by Gasteiger charge is 2.16. The van der Waals surface area contributed by atoms with Gasteiger partial charge in [0.05, 0.1) is 21.6 Å². The smallest absolute Gasteiger partial charge is 0.159 e. The number of thiocarbonyl (C=S) groups is 1. The summed E-state index contributed by atoms with van der Waals surface area (Å²) in [5.41, 5.74) is 8.79. The summed E-state index contributed by atoms with van der Waals surface area (Å²) < 4.78 is 1.11. The molecule has 0 aliphatic rings. The van der Waals surface area contributed by atoms with Gasteiger partial charge in [0.2, 0.25) is 0 Å². The molecule has 0 fully saturated rings. The highest BCUT2D eigenvalue weighted by Crippen LogP contribution is 2.25. The largest absolute Gasteiger partial charge is 0.389 e. The van der Waals surface area contributed by atoms with Gasteiger partial charge in [-0.15, -0.1) is 16.4 Å². The molecule has 0 aliphatic carbocycles. The van der Waals surface area contributed by atoms with E-state index >= 15 is 0 Å². The molecule has 112 valence electrons. The molecule has 2 aromatic heterocycles. The molecule has 2 aromatic rings. The van der Waals surface area contributed by atoms with E-state index in [2.05, 4.69) is 51.4 Å². The van der Waals surface area contributed by atoms with Gasteiger partial charge in [-0.1, -0.05) is 26.1 Å². The minimum absolute atomic E-state index is 0.367.